The summed E-state index contributed by atoms with van der Waals surface area (Å²) in [7, 11) is 2.98. The summed E-state index contributed by atoms with van der Waals surface area (Å²) in [6, 6.07) is 3.18. The van der Waals surface area contributed by atoms with Crippen LogP contribution in [0.5, 0.6) is 17.2 Å². The minimum Gasteiger partial charge on any atom is -1.00 e. The third-order valence-corrected chi connectivity index (χ3v) is 1.68. The molecule has 1 rings (SSSR count). The van der Waals surface area contributed by atoms with E-state index in [-0.39, 0.29) is 51.5 Å². The summed E-state index contributed by atoms with van der Waals surface area (Å²) in [4.78, 5) is 0. The van der Waals surface area contributed by atoms with E-state index in [0.29, 0.717) is 5.75 Å². The first kappa shape index (κ1) is 16.3. The molecule has 0 aliphatic carbocycles. The van der Waals surface area contributed by atoms with E-state index in [1.165, 1.54) is 20.3 Å². The van der Waals surface area contributed by atoms with Gasteiger partial charge in [-0.05, 0) is 12.5 Å². The van der Waals surface area contributed by atoms with Gasteiger partial charge in [-0.15, -0.1) is 0 Å². The number of ether oxygens (including phenoxy) is 2. The number of rotatable bonds is 2. The van der Waals surface area contributed by atoms with Crippen LogP contribution in [0.15, 0.2) is 12.1 Å². The van der Waals surface area contributed by atoms with Gasteiger partial charge in [0.25, 0.3) is 0 Å². The molecule has 0 heterocycles. The molecular weight excluding hydrogens is 260 g/mol. The van der Waals surface area contributed by atoms with E-state index < -0.39 is 0 Å². The van der Waals surface area contributed by atoms with E-state index in [2.05, 4.69) is 0 Å². The van der Waals surface area contributed by atoms with Gasteiger partial charge in [-0.1, -0.05) is 17.9 Å². The van der Waals surface area contributed by atoms with E-state index in [9.17, 15) is 5.11 Å². The van der Waals surface area contributed by atoms with E-state index in [1.807, 2.05) is 6.92 Å². The zero-order valence-electron chi connectivity index (χ0n) is 8.46. The Morgan fingerprint density at radius 1 is 1.07 bits per heavy atom. The van der Waals surface area contributed by atoms with Crippen LogP contribution in [0.1, 0.15) is 5.56 Å². The second kappa shape index (κ2) is 7.20. The van der Waals surface area contributed by atoms with Gasteiger partial charge in [-0.25, -0.2) is 0 Å². The number of benzene rings is 1. The van der Waals surface area contributed by atoms with Crippen molar-refractivity contribution < 1.29 is 31.6 Å². The van der Waals surface area contributed by atoms with E-state index in [4.69, 9.17) is 9.47 Å². The Kier molecular flexibility index (Phi) is 8.38. The van der Waals surface area contributed by atoms with Gasteiger partial charge in [0.2, 0.25) is 0 Å². The standard InChI is InChI=1S/C9H12O3.BrH.Mg/c1-6-4-5-7(10)9(12-3)8(6)11-2;;/h4-5,10H,1-3H3;1H;/q;;+2/p-2. The molecule has 0 atom stereocenters. The Hall–Kier alpha value is -0.134. The number of halogens is 1. The first-order valence-electron chi connectivity index (χ1n) is 3.59. The van der Waals surface area contributed by atoms with Gasteiger partial charge in [0.15, 0.2) is 11.5 Å². The third kappa shape index (κ3) is 3.22. The van der Waals surface area contributed by atoms with Crippen molar-refractivity contribution >= 4 is 23.1 Å². The molecule has 0 amide bonds. The molecule has 0 unspecified atom stereocenters. The molecule has 0 N–H and O–H groups in total. The van der Waals surface area contributed by atoms with E-state index >= 15 is 0 Å². The number of hydrogen-bond donors (Lipinski definition) is 0. The van der Waals surface area contributed by atoms with Crippen molar-refractivity contribution in [3.05, 3.63) is 17.7 Å². The van der Waals surface area contributed by atoms with E-state index in [1.54, 1.807) is 6.07 Å². The van der Waals surface area contributed by atoms with Crippen molar-refractivity contribution in [2.75, 3.05) is 14.2 Å². The predicted molar refractivity (Wildman–Crippen MR) is 49.5 cm³/mol. The fraction of sp³-hybridized carbons (Fsp3) is 0.333. The Labute approximate surface area is 110 Å². The van der Waals surface area contributed by atoms with Gasteiger partial charge < -0.3 is 31.6 Å². The second-order valence-corrected chi connectivity index (χ2v) is 2.45. The molecule has 0 bridgehead atoms. The molecule has 14 heavy (non-hydrogen) atoms. The predicted octanol–water partition coefficient (Wildman–Crippen LogP) is -2.29. The Morgan fingerprint density at radius 3 is 1.93 bits per heavy atom. The van der Waals surface area contributed by atoms with Gasteiger partial charge in [0.05, 0.1) is 14.2 Å². The van der Waals surface area contributed by atoms with Crippen LogP contribution in [0.2, 0.25) is 0 Å². The van der Waals surface area contributed by atoms with Crippen LogP contribution in [0, 0.1) is 6.92 Å². The number of hydrogen-bond acceptors (Lipinski definition) is 3. The smallest absolute Gasteiger partial charge is 1.00 e. The molecule has 3 nitrogen and oxygen atoms in total. The van der Waals surface area contributed by atoms with Crippen molar-refractivity contribution in [2.45, 2.75) is 6.92 Å². The minimum atomic E-state index is -0.153. The SMILES string of the molecule is COc1c(C)ccc([O-])c1OC.[Br-].[Mg+2]. The van der Waals surface area contributed by atoms with Crippen molar-refractivity contribution in [1.82, 2.24) is 0 Å². The maximum atomic E-state index is 11.2. The molecular formula is C9H11BrMgO3. The summed E-state index contributed by atoms with van der Waals surface area (Å²) in [6.45, 7) is 1.86. The topological polar surface area (TPSA) is 41.5 Å². The van der Waals surface area contributed by atoms with Crippen LogP contribution in [-0.2, 0) is 0 Å². The molecule has 1 aromatic carbocycles. The van der Waals surface area contributed by atoms with Gasteiger partial charge >= 0.3 is 23.1 Å². The molecule has 5 heteroatoms. The quantitative estimate of drug-likeness (QED) is 0.569. The van der Waals surface area contributed by atoms with Crippen LogP contribution >= 0.6 is 0 Å². The summed E-state index contributed by atoms with van der Waals surface area (Å²) < 4.78 is 9.93. The van der Waals surface area contributed by atoms with Crippen molar-refractivity contribution in [3.63, 3.8) is 0 Å². The Balaban J connectivity index is 0. The average Bonchev–Trinajstić information content (AvgIpc) is 2.08. The monoisotopic (exact) mass is 270 g/mol. The number of aryl methyl sites for hydroxylation is 1. The summed E-state index contributed by atoms with van der Waals surface area (Å²) >= 11 is 0. The fourth-order valence-electron chi connectivity index (χ4n) is 1.09. The summed E-state index contributed by atoms with van der Waals surface area (Å²) in [6.07, 6.45) is 0. The minimum absolute atomic E-state index is 0. The first-order chi connectivity index (χ1) is 5.70. The molecule has 0 radical (unpaired) electrons. The van der Waals surface area contributed by atoms with Gasteiger partial charge in [-0.2, -0.15) is 0 Å². The molecule has 1 aromatic rings. The van der Waals surface area contributed by atoms with Crippen molar-refractivity contribution in [3.8, 4) is 17.2 Å². The summed E-state index contributed by atoms with van der Waals surface area (Å²) in [5.74, 6) is 0.641. The maximum Gasteiger partial charge on any atom is 2.00 e. The van der Waals surface area contributed by atoms with Crippen LogP contribution < -0.4 is 31.6 Å². The molecule has 0 saturated heterocycles. The molecule has 0 spiro atoms. The molecule has 0 aromatic heterocycles. The number of methoxy groups -OCH3 is 2. The first-order valence-corrected chi connectivity index (χ1v) is 3.59. The zero-order chi connectivity index (χ0) is 9.14. The van der Waals surface area contributed by atoms with Gasteiger partial charge in [0, 0.05) is 0 Å². The Bertz CT molecular complexity index is 263. The normalized spacial score (nSPS) is 8.21. The molecule has 0 aliphatic heterocycles. The van der Waals surface area contributed by atoms with Crippen LogP contribution in [0.3, 0.4) is 0 Å². The molecule has 0 aliphatic rings. The van der Waals surface area contributed by atoms with E-state index in [0.717, 1.165) is 5.56 Å². The van der Waals surface area contributed by atoms with Crippen LogP contribution in [-0.4, -0.2) is 37.3 Å². The van der Waals surface area contributed by atoms with Crippen molar-refractivity contribution in [2.24, 2.45) is 0 Å². The summed E-state index contributed by atoms with van der Waals surface area (Å²) in [5, 5.41) is 11.2. The second-order valence-electron chi connectivity index (χ2n) is 2.45. The van der Waals surface area contributed by atoms with Gasteiger partial charge in [0.1, 0.15) is 0 Å². The van der Waals surface area contributed by atoms with Crippen molar-refractivity contribution in [1.29, 1.82) is 0 Å². The molecule has 74 valence electrons. The maximum absolute atomic E-state index is 11.2. The van der Waals surface area contributed by atoms with Crippen LogP contribution in [0.4, 0.5) is 0 Å². The largest absolute Gasteiger partial charge is 2.00 e. The third-order valence-electron chi connectivity index (χ3n) is 1.68. The van der Waals surface area contributed by atoms with Gasteiger partial charge in [-0.3, -0.25) is 0 Å². The Morgan fingerprint density at radius 2 is 1.57 bits per heavy atom. The molecule has 0 fully saturated rings. The molecule has 0 saturated carbocycles. The summed E-state index contributed by atoms with van der Waals surface area (Å²) in [5.41, 5.74) is 0.897. The zero-order valence-corrected chi connectivity index (χ0v) is 11.5. The average molecular weight is 271 g/mol. The van der Waals surface area contributed by atoms with Crippen LogP contribution in [0.25, 0.3) is 0 Å². The fourth-order valence-corrected chi connectivity index (χ4v) is 1.09.